The predicted octanol–water partition coefficient (Wildman–Crippen LogP) is 2.91. The predicted molar refractivity (Wildman–Crippen MR) is 105 cm³/mol. The molecular formula is C18H22Cl2N2O5S. The SMILES string of the molecule is O=C(O)[C@@H]1CCCC[C@@H]1NC(=O)[C@@H]1CCCN1S(=O)(=O)c1cc(Cl)cc(Cl)c1. The highest BCUT2D eigenvalue weighted by Gasteiger charge is 2.41. The van der Waals surface area contributed by atoms with Gasteiger partial charge in [-0.2, -0.15) is 4.31 Å². The molecule has 1 saturated carbocycles. The van der Waals surface area contributed by atoms with E-state index in [-0.39, 0.29) is 21.5 Å². The third kappa shape index (κ3) is 4.45. The van der Waals surface area contributed by atoms with Gasteiger partial charge in [0.15, 0.2) is 0 Å². The maximum atomic E-state index is 13.1. The van der Waals surface area contributed by atoms with Crippen LogP contribution in [0.15, 0.2) is 23.1 Å². The van der Waals surface area contributed by atoms with E-state index in [9.17, 15) is 23.1 Å². The third-order valence-corrected chi connectivity index (χ3v) is 7.68. The van der Waals surface area contributed by atoms with Crippen molar-refractivity contribution in [3.63, 3.8) is 0 Å². The number of carboxylic acid groups (broad SMARTS) is 1. The highest BCUT2D eigenvalue weighted by Crippen LogP contribution is 2.31. The van der Waals surface area contributed by atoms with Crippen molar-refractivity contribution >= 4 is 45.1 Å². The van der Waals surface area contributed by atoms with E-state index in [1.807, 2.05) is 0 Å². The number of carbonyl (C=O) groups is 2. The maximum absolute atomic E-state index is 13.1. The molecule has 1 amide bonds. The molecule has 1 aromatic rings. The number of nitrogens with zero attached hydrogens (tertiary/aromatic N) is 1. The van der Waals surface area contributed by atoms with Crippen molar-refractivity contribution in [2.75, 3.05) is 6.54 Å². The van der Waals surface area contributed by atoms with Gasteiger partial charge in [-0.3, -0.25) is 9.59 Å². The van der Waals surface area contributed by atoms with E-state index < -0.39 is 39.9 Å². The number of nitrogens with one attached hydrogen (secondary N) is 1. The second-order valence-corrected chi connectivity index (χ2v) is 9.99. The second-order valence-electron chi connectivity index (χ2n) is 7.22. The van der Waals surface area contributed by atoms with Crippen LogP contribution in [-0.2, 0) is 19.6 Å². The van der Waals surface area contributed by atoms with Crippen LogP contribution in [0, 0.1) is 5.92 Å². The monoisotopic (exact) mass is 448 g/mol. The Morgan fingerprint density at radius 1 is 1.04 bits per heavy atom. The molecule has 1 aliphatic carbocycles. The highest BCUT2D eigenvalue weighted by molar-refractivity contribution is 7.89. The lowest BCUT2D eigenvalue weighted by molar-refractivity contribution is -0.144. The van der Waals surface area contributed by atoms with Gasteiger partial charge in [0.1, 0.15) is 6.04 Å². The highest BCUT2D eigenvalue weighted by atomic mass is 35.5. The molecule has 2 aliphatic rings. The van der Waals surface area contributed by atoms with Crippen LogP contribution in [0.2, 0.25) is 10.0 Å². The molecule has 0 radical (unpaired) electrons. The van der Waals surface area contributed by atoms with Gasteiger partial charge in [0.25, 0.3) is 0 Å². The Labute approximate surface area is 174 Å². The Morgan fingerprint density at radius 2 is 1.68 bits per heavy atom. The van der Waals surface area contributed by atoms with Crippen molar-refractivity contribution in [2.24, 2.45) is 5.92 Å². The lowest BCUT2D eigenvalue weighted by Gasteiger charge is -2.31. The molecule has 154 valence electrons. The van der Waals surface area contributed by atoms with E-state index in [2.05, 4.69) is 5.32 Å². The van der Waals surface area contributed by atoms with Gasteiger partial charge in [0, 0.05) is 22.6 Å². The third-order valence-electron chi connectivity index (χ3n) is 5.36. The molecule has 7 nitrogen and oxygen atoms in total. The van der Waals surface area contributed by atoms with Crippen LogP contribution in [0.25, 0.3) is 0 Å². The number of sulfonamides is 1. The van der Waals surface area contributed by atoms with Crippen LogP contribution in [0.4, 0.5) is 0 Å². The molecule has 3 rings (SSSR count). The summed E-state index contributed by atoms with van der Waals surface area (Å²) in [6.07, 6.45) is 3.65. The fourth-order valence-corrected chi connectivity index (χ4v) is 6.36. The second kappa shape index (κ2) is 8.57. The zero-order valence-corrected chi connectivity index (χ0v) is 17.4. The Balaban J connectivity index is 1.80. The first kappa shape index (κ1) is 21.4. The minimum atomic E-state index is -3.96. The molecule has 3 atom stereocenters. The Kier molecular flexibility index (Phi) is 6.54. The summed E-state index contributed by atoms with van der Waals surface area (Å²) in [5, 5.41) is 12.6. The largest absolute Gasteiger partial charge is 0.481 e. The van der Waals surface area contributed by atoms with Crippen molar-refractivity contribution in [1.82, 2.24) is 9.62 Å². The summed E-state index contributed by atoms with van der Waals surface area (Å²) in [5.74, 6) is -2.03. The van der Waals surface area contributed by atoms with Gasteiger partial charge in [-0.1, -0.05) is 36.0 Å². The number of rotatable bonds is 5. The average Bonchev–Trinajstić information content (AvgIpc) is 3.12. The minimum absolute atomic E-state index is 0.0641. The van der Waals surface area contributed by atoms with Crippen molar-refractivity contribution in [1.29, 1.82) is 0 Å². The Bertz CT molecular complexity index is 856. The van der Waals surface area contributed by atoms with Crippen molar-refractivity contribution in [2.45, 2.75) is 55.5 Å². The normalized spacial score (nSPS) is 26.1. The zero-order chi connectivity index (χ0) is 20.5. The molecule has 0 spiro atoms. The molecule has 2 fully saturated rings. The van der Waals surface area contributed by atoms with E-state index in [0.717, 1.165) is 17.1 Å². The van der Waals surface area contributed by atoms with E-state index in [1.54, 1.807) is 0 Å². The molecule has 28 heavy (non-hydrogen) atoms. The van der Waals surface area contributed by atoms with Crippen LogP contribution >= 0.6 is 23.2 Å². The molecule has 2 N–H and O–H groups in total. The molecule has 1 aliphatic heterocycles. The van der Waals surface area contributed by atoms with Gasteiger partial charge in [-0.05, 0) is 43.9 Å². The summed E-state index contributed by atoms with van der Waals surface area (Å²) in [5.41, 5.74) is 0. The lowest BCUT2D eigenvalue weighted by atomic mass is 9.84. The molecule has 0 bridgehead atoms. The van der Waals surface area contributed by atoms with Crippen molar-refractivity contribution in [3.8, 4) is 0 Å². The summed E-state index contributed by atoms with van der Waals surface area (Å²) < 4.78 is 27.3. The Hall–Kier alpha value is -1.35. The van der Waals surface area contributed by atoms with Crippen molar-refractivity contribution < 1.29 is 23.1 Å². The fraction of sp³-hybridized carbons (Fsp3) is 0.556. The molecule has 10 heteroatoms. The van der Waals surface area contributed by atoms with E-state index in [4.69, 9.17) is 23.2 Å². The summed E-state index contributed by atoms with van der Waals surface area (Å²) in [6.45, 7) is 0.206. The first-order valence-electron chi connectivity index (χ1n) is 9.21. The minimum Gasteiger partial charge on any atom is -0.481 e. The average molecular weight is 449 g/mol. The molecule has 1 heterocycles. The quantitative estimate of drug-likeness (QED) is 0.720. The van der Waals surface area contributed by atoms with Gasteiger partial charge in [-0.25, -0.2) is 8.42 Å². The zero-order valence-electron chi connectivity index (χ0n) is 15.1. The van der Waals surface area contributed by atoms with Crippen LogP contribution in [0.5, 0.6) is 0 Å². The first-order valence-corrected chi connectivity index (χ1v) is 11.4. The number of aliphatic carboxylic acids is 1. The number of amides is 1. The van der Waals surface area contributed by atoms with Crippen LogP contribution in [-0.4, -0.2) is 48.3 Å². The molecule has 0 aromatic heterocycles. The number of carbonyl (C=O) groups excluding carboxylic acids is 1. The van der Waals surface area contributed by atoms with Gasteiger partial charge < -0.3 is 10.4 Å². The topological polar surface area (TPSA) is 104 Å². The van der Waals surface area contributed by atoms with Gasteiger partial charge in [0.05, 0.1) is 10.8 Å². The van der Waals surface area contributed by atoms with E-state index >= 15 is 0 Å². The fourth-order valence-electron chi connectivity index (χ4n) is 3.98. The Morgan fingerprint density at radius 3 is 2.32 bits per heavy atom. The number of hydrogen-bond acceptors (Lipinski definition) is 4. The lowest BCUT2D eigenvalue weighted by Crippen LogP contribution is -2.52. The van der Waals surface area contributed by atoms with Crippen molar-refractivity contribution in [3.05, 3.63) is 28.2 Å². The van der Waals surface area contributed by atoms with E-state index in [1.165, 1.54) is 18.2 Å². The smallest absolute Gasteiger partial charge is 0.308 e. The molecule has 1 aromatic carbocycles. The van der Waals surface area contributed by atoms with Gasteiger partial charge in [-0.15, -0.1) is 0 Å². The summed E-state index contributed by atoms with van der Waals surface area (Å²) >= 11 is 11.9. The molecule has 1 saturated heterocycles. The standard InChI is InChI=1S/C18H22Cl2N2O5S/c19-11-8-12(20)10-13(9-11)28(26,27)22-7-3-6-16(22)17(23)21-15-5-2-1-4-14(15)18(24)25/h8-10,14-16H,1-7H2,(H,21,23)(H,24,25)/t14-,15+,16+/m1/s1. The molecule has 0 unspecified atom stereocenters. The summed E-state index contributed by atoms with van der Waals surface area (Å²) in [6, 6.07) is 2.68. The number of carboxylic acids is 1. The van der Waals surface area contributed by atoms with Gasteiger partial charge in [0.2, 0.25) is 15.9 Å². The van der Waals surface area contributed by atoms with E-state index in [0.29, 0.717) is 25.7 Å². The summed E-state index contributed by atoms with van der Waals surface area (Å²) in [4.78, 5) is 24.2. The van der Waals surface area contributed by atoms with Gasteiger partial charge >= 0.3 is 5.97 Å². The molecular weight excluding hydrogens is 427 g/mol. The van der Waals surface area contributed by atoms with Crippen LogP contribution < -0.4 is 5.32 Å². The number of halogens is 2. The number of benzene rings is 1. The van der Waals surface area contributed by atoms with Crippen LogP contribution in [0.1, 0.15) is 38.5 Å². The first-order chi connectivity index (χ1) is 13.2. The summed E-state index contributed by atoms with van der Waals surface area (Å²) in [7, 11) is -3.96. The maximum Gasteiger partial charge on any atom is 0.308 e. The van der Waals surface area contributed by atoms with Crippen LogP contribution in [0.3, 0.4) is 0 Å². The number of hydrogen-bond donors (Lipinski definition) is 2.